The standard InChI is InChI=1S/C22H27N3O3.C20H23N3O3.C18H21N3O3S.C15H16N2O4S2/c1-14(2)7-22(27)25-12-19(13-25)28-18-8-16(4)24-20(10-18)21(26)9-17-6-5-15(3)11-23-17;1-4-20(25)23-11-17(12-23)26-16-7-14(3)22-18(9-16)19(24)8-15-6-5-13(2)10-21-15;1-4-18(23)21-8-14(9-21)24-13-5-11(2)19-15(6-13)16(22)7-17-20-12(3)10-25-17;1-9-3-11(21-12-7-23(19,20)8-12)4-13(16-9)14(18)5-15-17-10(2)6-22-15/h5-6,8,10-11,14,19H,7,9,12-13H2,1-4H3;5-7,9-10,17H,4,8,11-12H2,1-3H3;5-6,10,14H,4,7-9H2,1-3H3;3-4,6,12H,5,7-8H2,1-2H3. The highest BCUT2D eigenvalue weighted by atomic mass is 32.2. The van der Waals surface area contributed by atoms with Crippen LogP contribution in [0.4, 0.5) is 0 Å². The third-order valence-corrected chi connectivity index (χ3v) is 20.0. The number of ketones is 4. The second-order valence-corrected chi connectivity index (χ2v) is 30.4. The first-order chi connectivity index (χ1) is 48.5. The van der Waals surface area contributed by atoms with Crippen LogP contribution in [0.15, 0.2) is 96.0 Å². The van der Waals surface area contributed by atoms with E-state index in [1.54, 1.807) is 59.4 Å². The van der Waals surface area contributed by atoms with E-state index in [0.717, 1.165) is 61.0 Å². The number of rotatable bonds is 24. The molecule has 538 valence electrons. The molecule has 0 saturated carbocycles. The van der Waals surface area contributed by atoms with Crippen molar-refractivity contribution in [2.45, 2.75) is 152 Å². The predicted molar refractivity (Wildman–Crippen MR) is 386 cm³/mol. The van der Waals surface area contributed by atoms with Gasteiger partial charge in [0.2, 0.25) is 17.7 Å². The number of hydrogen-bond acceptors (Lipinski definition) is 23. The number of thiazole rings is 2. The lowest BCUT2D eigenvalue weighted by Gasteiger charge is -2.39. The van der Waals surface area contributed by atoms with Crippen molar-refractivity contribution in [1.82, 2.24) is 54.6 Å². The number of pyridine rings is 6. The number of amides is 3. The van der Waals surface area contributed by atoms with Crippen molar-refractivity contribution in [3.8, 4) is 23.0 Å². The largest absolute Gasteiger partial charge is 0.488 e. The molecule has 0 radical (unpaired) electrons. The maximum Gasteiger partial charge on any atom is 0.223 e. The van der Waals surface area contributed by atoms with Crippen LogP contribution in [-0.4, -0.2) is 179 Å². The minimum absolute atomic E-state index is 0.0239. The molecule has 4 saturated heterocycles. The molecule has 4 fully saturated rings. The summed E-state index contributed by atoms with van der Waals surface area (Å²) in [7, 11) is -2.94. The molecule has 0 N–H and O–H groups in total. The molecule has 102 heavy (non-hydrogen) atoms. The fourth-order valence-corrected chi connectivity index (χ4v) is 13.7. The molecule has 3 amide bonds. The summed E-state index contributed by atoms with van der Waals surface area (Å²) in [5.74, 6) is 2.81. The molecule has 4 aliphatic heterocycles. The van der Waals surface area contributed by atoms with Gasteiger partial charge in [-0.1, -0.05) is 39.8 Å². The Balaban J connectivity index is 0.000000159. The fourth-order valence-electron chi connectivity index (χ4n) is 11.0. The van der Waals surface area contributed by atoms with E-state index in [1.165, 1.54) is 22.7 Å². The zero-order valence-electron chi connectivity index (χ0n) is 59.7. The van der Waals surface area contributed by atoms with E-state index in [4.69, 9.17) is 18.9 Å². The van der Waals surface area contributed by atoms with Crippen molar-refractivity contribution in [3.63, 3.8) is 0 Å². The summed E-state index contributed by atoms with van der Waals surface area (Å²) in [6.45, 7) is 26.3. The first-order valence-corrected chi connectivity index (χ1v) is 37.5. The third-order valence-electron chi connectivity index (χ3n) is 16.3. The van der Waals surface area contributed by atoms with Crippen LogP contribution in [0, 0.1) is 61.3 Å². The number of hydrogen-bond donors (Lipinski definition) is 0. The Morgan fingerprint density at radius 1 is 0.431 bits per heavy atom. The van der Waals surface area contributed by atoms with Gasteiger partial charge in [0.05, 0.1) is 76.5 Å². The summed E-state index contributed by atoms with van der Waals surface area (Å²) in [6, 6.07) is 21.3. The molecule has 0 spiro atoms. The Morgan fingerprint density at radius 2 is 0.745 bits per heavy atom. The van der Waals surface area contributed by atoms with Crippen LogP contribution >= 0.6 is 22.7 Å². The molecule has 27 heteroatoms. The van der Waals surface area contributed by atoms with Crippen molar-refractivity contribution >= 4 is 73.4 Å². The van der Waals surface area contributed by atoms with E-state index < -0.39 is 9.84 Å². The number of likely N-dealkylation sites (tertiary alicyclic amines) is 3. The molecule has 8 aromatic rings. The van der Waals surface area contributed by atoms with E-state index in [1.807, 2.05) is 134 Å². The Bertz CT molecular complexity index is 4440. The normalized spacial score (nSPS) is 14.7. The molecule has 4 aliphatic rings. The second-order valence-electron chi connectivity index (χ2n) is 26.4. The van der Waals surface area contributed by atoms with Crippen molar-refractivity contribution in [1.29, 1.82) is 0 Å². The number of aryl methyl sites for hydroxylation is 8. The van der Waals surface area contributed by atoms with Crippen LogP contribution in [0.1, 0.15) is 156 Å². The van der Waals surface area contributed by atoms with Crippen LogP contribution in [0.2, 0.25) is 0 Å². The molecule has 24 nitrogen and oxygen atoms in total. The smallest absolute Gasteiger partial charge is 0.223 e. The summed E-state index contributed by atoms with van der Waals surface area (Å²) < 4.78 is 45.8. The monoisotopic (exact) mass is 1450 g/mol. The zero-order valence-corrected chi connectivity index (χ0v) is 62.1. The van der Waals surface area contributed by atoms with Gasteiger partial charge < -0.3 is 33.6 Å². The maximum atomic E-state index is 12.6. The van der Waals surface area contributed by atoms with Crippen molar-refractivity contribution in [2.24, 2.45) is 5.92 Å². The molecule has 0 atom stereocenters. The van der Waals surface area contributed by atoms with Gasteiger partial charge in [-0.05, 0) is 84.6 Å². The molecule has 0 bridgehead atoms. The van der Waals surface area contributed by atoms with Crippen molar-refractivity contribution in [3.05, 3.63) is 185 Å². The predicted octanol–water partition coefficient (Wildman–Crippen LogP) is 10.0. The number of Topliss-reactive ketones (excluding diaryl/α,β-unsaturated/α-hetero) is 4. The maximum absolute atomic E-state index is 12.6. The minimum Gasteiger partial charge on any atom is -0.488 e. The Kier molecular flexibility index (Phi) is 26.2. The second kappa shape index (κ2) is 34.8. The summed E-state index contributed by atoms with van der Waals surface area (Å²) in [5, 5.41) is 5.38. The number of carbonyl (C=O) groups is 7. The average Bonchev–Trinajstić information content (AvgIpc) is 0.929. The van der Waals surface area contributed by atoms with E-state index in [2.05, 4.69) is 39.9 Å². The zero-order chi connectivity index (χ0) is 73.5. The van der Waals surface area contributed by atoms with Gasteiger partial charge in [-0.2, -0.15) is 0 Å². The number of aromatic nitrogens is 8. The van der Waals surface area contributed by atoms with Crippen molar-refractivity contribution in [2.75, 3.05) is 50.8 Å². The number of carbonyl (C=O) groups excluding carboxylic acids is 7. The SMILES string of the molecule is CCC(=O)N1CC(Oc2cc(C)nc(C(=O)Cc3ccc(C)cn3)c2)C1.CCC(=O)N1CC(Oc2cc(C)nc(C(=O)Cc3nc(C)cs3)c2)C1.Cc1cc(OC2CS(=O)(=O)C2)cc(C(=O)Cc2nc(C)cs2)n1.Cc1ccc(CC(=O)c2cc(OC3CN(C(=O)CC(C)C)C3)cc(C)n2)nc1. The van der Waals surface area contributed by atoms with Gasteiger partial charge in [0.15, 0.2) is 33.0 Å². The van der Waals surface area contributed by atoms with Crippen LogP contribution in [0.25, 0.3) is 0 Å². The highest BCUT2D eigenvalue weighted by Crippen LogP contribution is 2.27. The highest BCUT2D eigenvalue weighted by Gasteiger charge is 2.37. The number of sulfone groups is 1. The Morgan fingerprint density at radius 3 is 1.02 bits per heavy atom. The molecule has 0 unspecified atom stereocenters. The molecule has 12 rings (SSSR count). The molecular formula is C75H87N11O13S3. The third kappa shape index (κ3) is 22.7. The molecule has 0 aromatic carbocycles. The summed E-state index contributed by atoms with van der Waals surface area (Å²) in [5.41, 5.74) is 9.68. The van der Waals surface area contributed by atoms with E-state index in [0.29, 0.717) is 116 Å². The van der Waals surface area contributed by atoms with E-state index in [9.17, 15) is 42.0 Å². The van der Waals surface area contributed by atoms with Gasteiger partial charge >= 0.3 is 0 Å². The summed E-state index contributed by atoms with van der Waals surface area (Å²) in [6.07, 6.45) is 5.50. The molecular weight excluding hydrogens is 1360 g/mol. The number of ether oxygens (including phenoxy) is 4. The van der Waals surface area contributed by atoms with Gasteiger partial charge in [0.1, 0.15) is 80.2 Å². The van der Waals surface area contributed by atoms with Gasteiger partial charge in [-0.15, -0.1) is 22.7 Å². The summed E-state index contributed by atoms with van der Waals surface area (Å²) >= 11 is 2.93. The lowest BCUT2D eigenvalue weighted by Crippen LogP contribution is -2.56. The van der Waals surface area contributed by atoms with Crippen LogP contribution in [0.3, 0.4) is 0 Å². The molecule has 12 heterocycles. The molecule has 0 aliphatic carbocycles. The fraction of sp³-hybridized carbons (Fsp3) is 0.427. The van der Waals surface area contributed by atoms with E-state index >= 15 is 0 Å². The topological polar surface area (TPSA) is 303 Å². The van der Waals surface area contributed by atoms with Crippen LogP contribution < -0.4 is 18.9 Å². The van der Waals surface area contributed by atoms with E-state index in [-0.39, 0.29) is 102 Å². The first kappa shape index (κ1) is 76.6. The quantitative estimate of drug-likeness (QED) is 0.0508. The lowest BCUT2D eigenvalue weighted by atomic mass is 10.1. The van der Waals surface area contributed by atoms with Crippen LogP contribution in [-0.2, 0) is 49.9 Å². The van der Waals surface area contributed by atoms with Crippen molar-refractivity contribution < 1.29 is 60.9 Å². The van der Waals surface area contributed by atoms with Gasteiger partial charge in [0, 0.05) is 136 Å². The average molecular weight is 1450 g/mol. The van der Waals surface area contributed by atoms with Gasteiger partial charge in [0.25, 0.3) is 0 Å². The summed E-state index contributed by atoms with van der Waals surface area (Å²) in [4.78, 5) is 125. The number of nitrogens with zero attached hydrogens (tertiary/aromatic N) is 11. The first-order valence-electron chi connectivity index (χ1n) is 33.9. The Labute approximate surface area is 603 Å². The van der Waals surface area contributed by atoms with Gasteiger partial charge in [-0.25, -0.2) is 38.3 Å². The highest BCUT2D eigenvalue weighted by molar-refractivity contribution is 7.92. The Hall–Kier alpha value is -9.60. The lowest BCUT2D eigenvalue weighted by molar-refractivity contribution is -0.141. The van der Waals surface area contributed by atoms with Gasteiger partial charge in [-0.3, -0.25) is 43.5 Å². The molecule has 8 aromatic heterocycles. The van der Waals surface area contributed by atoms with Crippen LogP contribution in [0.5, 0.6) is 23.0 Å². The minimum atomic E-state index is -2.94.